The van der Waals surface area contributed by atoms with Crippen molar-refractivity contribution in [2.24, 2.45) is 0 Å². The highest BCUT2D eigenvalue weighted by Crippen LogP contribution is 1.95. The zero-order valence-electron chi connectivity index (χ0n) is 7.96. The van der Waals surface area contributed by atoms with E-state index < -0.39 is 0 Å². The minimum absolute atomic E-state index is 0.911. The fourth-order valence-corrected chi connectivity index (χ4v) is 0.686. The van der Waals surface area contributed by atoms with Crippen molar-refractivity contribution in [3.63, 3.8) is 0 Å². The van der Waals surface area contributed by atoms with E-state index in [4.69, 9.17) is 0 Å². The van der Waals surface area contributed by atoms with E-state index in [-0.39, 0.29) is 0 Å². The fraction of sp³-hybridized carbons (Fsp3) is 0.364. The van der Waals surface area contributed by atoms with Crippen LogP contribution in [0, 0.1) is 0 Å². The Hall–Kier alpha value is -1.11. The van der Waals surface area contributed by atoms with Gasteiger partial charge in [0.1, 0.15) is 0 Å². The van der Waals surface area contributed by atoms with Gasteiger partial charge in [0, 0.05) is 12.4 Å². The molecule has 1 nitrogen and oxygen atoms in total. The Balaban J connectivity index is 0.000000354. The highest BCUT2D eigenvalue weighted by atomic mass is 14.6. The molecule has 0 aliphatic rings. The minimum atomic E-state index is 0.911. The molecule has 1 aromatic rings. The van der Waals surface area contributed by atoms with E-state index in [1.807, 2.05) is 24.4 Å². The van der Waals surface area contributed by atoms with Crippen molar-refractivity contribution in [3.8, 4) is 0 Å². The molecule has 0 aliphatic heterocycles. The van der Waals surface area contributed by atoms with E-state index in [0.29, 0.717) is 0 Å². The van der Waals surface area contributed by atoms with Gasteiger partial charge >= 0.3 is 0 Å². The van der Waals surface area contributed by atoms with E-state index >= 15 is 0 Å². The summed E-state index contributed by atoms with van der Waals surface area (Å²) >= 11 is 0. The molecular formula is C11H17N. The van der Waals surface area contributed by atoms with Gasteiger partial charge in [-0.05, 0) is 18.1 Å². The Morgan fingerprint density at radius 3 is 2.58 bits per heavy atom. The Labute approximate surface area is 75.2 Å². The Morgan fingerprint density at radius 2 is 2.17 bits per heavy atom. The lowest BCUT2D eigenvalue weighted by atomic mass is 10.2. The maximum atomic E-state index is 3.96. The van der Waals surface area contributed by atoms with E-state index in [0.717, 1.165) is 6.42 Å². The molecule has 0 spiro atoms. The lowest BCUT2D eigenvalue weighted by molar-refractivity contribution is 1.09. The molecule has 0 amide bonds. The second-order valence-electron chi connectivity index (χ2n) is 2.56. The molecule has 0 atom stereocenters. The largest absolute Gasteiger partial charge is 0.264 e. The topological polar surface area (TPSA) is 12.9 Å². The van der Waals surface area contributed by atoms with Crippen molar-refractivity contribution < 1.29 is 0 Å². The molecular weight excluding hydrogens is 146 g/mol. The Bertz CT molecular complexity index is 191. The highest BCUT2D eigenvalue weighted by Gasteiger charge is 1.83. The van der Waals surface area contributed by atoms with Crippen LogP contribution in [0.25, 0.3) is 0 Å². The van der Waals surface area contributed by atoms with Crippen LogP contribution in [-0.2, 0) is 6.42 Å². The first-order chi connectivity index (χ1) is 5.85. The molecule has 0 bridgehead atoms. The first-order valence-electron chi connectivity index (χ1n) is 4.34. The Kier molecular flexibility index (Phi) is 7.25. The lowest BCUT2D eigenvalue weighted by Crippen LogP contribution is -1.79. The third kappa shape index (κ3) is 5.66. The Morgan fingerprint density at radius 1 is 1.50 bits per heavy atom. The summed E-state index contributed by atoms with van der Waals surface area (Å²) in [5.74, 6) is 0. The number of hydrogen-bond acceptors (Lipinski definition) is 1. The zero-order valence-corrected chi connectivity index (χ0v) is 7.96. The summed E-state index contributed by atoms with van der Waals surface area (Å²) in [6.45, 7) is 7.88. The van der Waals surface area contributed by atoms with Crippen LogP contribution in [0.5, 0.6) is 0 Å². The molecule has 0 fully saturated rings. The molecule has 0 aromatic carbocycles. The number of pyridine rings is 1. The van der Waals surface area contributed by atoms with Crippen molar-refractivity contribution in [3.05, 3.63) is 42.7 Å². The van der Waals surface area contributed by atoms with Crippen LogP contribution in [0.4, 0.5) is 0 Å². The van der Waals surface area contributed by atoms with E-state index in [1.165, 1.54) is 12.0 Å². The van der Waals surface area contributed by atoms with Gasteiger partial charge < -0.3 is 0 Å². The molecule has 66 valence electrons. The predicted molar refractivity (Wildman–Crippen MR) is 54.1 cm³/mol. The molecule has 0 radical (unpaired) electrons. The van der Waals surface area contributed by atoms with Crippen molar-refractivity contribution in [2.75, 3.05) is 0 Å². The third-order valence-electron chi connectivity index (χ3n) is 1.10. The molecule has 12 heavy (non-hydrogen) atoms. The zero-order chi connectivity index (χ0) is 9.23. The van der Waals surface area contributed by atoms with Gasteiger partial charge in [0.05, 0.1) is 0 Å². The number of allylic oxidation sites excluding steroid dienone is 1. The van der Waals surface area contributed by atoms with E-state index in [9.17, 15) is 0 Å². The molecule has 1 aromatic heterocycles. The van der Waals surface area contributed by atoms with Gasteiger partial charge in [-0.1, -0.05) is 32.4 Å². The number of hydrogen-bond donors (Lipinski definition) is 0. The van der Waals surface area contributed by atoms with Crippen LogP contribution in [0.1, 0.15) is 25.8 Å². The summed E-state index contributed by atoms with van der Waals surface area (Å²) in [5, 5.41) is 0. The lowest BCUT2D eigenvalue weighted by Gasteiger charge is -1.90. The second kappa shape index (κ2) is 7.99. The molecule has 1 heteroatoms. The van der Waals surface area contributed by atoms with E-state index in [1.54, 1.807) is 6.20 Å². The highest BCUT2D eigenvalue weighted by molar-refractivity contribution is 5.11. The summed E-state index contributed by atoms with van der Waals surface area (Å²) in [6, 6.07) is 3.97. The first-order valence-corrected chi connectivity index (χ1v) is 4.34. The molecule has 0 aliphatic carbocycles. The van der Waals surface area contributed by atoms with Crippen LogP contribution in [0.2, 0.25) is 0 Å². The maximum Gasteiger partial charge on any atom is 0.0303 e. The quantitative estimate of drug-likeness (QED) is 0.610. The second-order valence-corrected chi connectivity index (χ2v) is 2.56. The molecule has 0 N–H and O–H groups in total. The maximum absolute atomic E-state index is 3.96. The summed E-state index contributed by atoms with van der Waals surface area (Å²) in [6.07, 6.45) is 7.65. The van der Waals surface area contributed by atoms with Gasteiger partial charge in [-0.2, -0.15) is 0 Å². The number of rotatable bonds is 2. The third-order valence-corrected chi connectivity index (χ3v) is 1.10. The van der Waals surface area contributed by atoms with Crippen LogP contribution in [0.15, 0.2) is 37.2 Å². The van der Waals surface area contributed by atoms with Gasteiger partial charge in [0.15, 0.2) is 0 Å². The smallest absolute Gasteiger partial charge is 0.0303 e. The molecule has 0 saturated carbocycles. The van der Waals surface area contributed by atoms with Crippen LogP contribution in [-0.4, -0.2) is 4.98 Å². The van der Waals surface area contributed by atoms with Crippen molar-refractivity contribution in [2.45, 2.75) is 26.7 Å². The number of aromatic nitrogens is 1. The summed E-state index contributed by atoms with van der Waals surface area (Å²) in [5.41, 5.74) is 1.22. The van der Waals surface area contributed by atoms with E-state index in [2.05, 4.69) is 25.4 Å². The van der Waals surface area contributed by atoms with Gasteiger partial charge in [0.2, 0.25) is 0 Å². The monoisotopic (exact) mass is 163 g/mol. The van der Waals surface area contributed by atoms with Crippen LogP contribution < -0.4 is 0 Å². The van der Waals surface area contributed by atoms with Gasteiger partial charge in [-0.3, -0.25) is 4.98 Å². The average Bonchev–Trinajstić information content (AvgIpc) is 2.08. The average molecular weight is 163 g/mol. The van der Waals surface area contributed by atoms with Crippen molar-refractivity contribution in [1.82, 2.24) is 4.98 Å². The molecule has 0 saturated heterocycles. The summed E-state index contributed by atoms with van der Waals surface area (Å²) < 4.78 is 0. The van der Waals surface area contributed by atoms with Crippen LogP contribution in [0.3, 0.4) is 0 Å². The predicted octanol–water partition coefficient (Wildman–Crippen LogP) is 3.23. The number of nitrogens with zero attached hydrogens (tertiary/aromatic N) is 1. The SMILES string of the molecule is C=CCc1cccnc1.CCC. The molecule has 0 unspecified atom stereocenters. The first kappa shape index (κ1) is 10.9. The minimum Gasteiger partial charge on any atom is -0.264 e. The fourth-order valence-electron chi connectivity index (χ4n) is 0.686. The van der Waals surface area contributed by atoms with Gasteiger partial charge in [-0.25, -0.2) is 0 Å². The molecule has 1 heterocycles. The van der Waals surface area contributed by atoms with Crippen molar-refractivity contribution >= 4 is 0 Å². The normalized spacial score (nSPS) is 8.17. The van der Waals surface area contributed by atoms with Crippen LogP contribution >= 0.6 is 0 Å². The summed E-state index contributed by atoms with van der Waals surface area (Å²) in [4.78, 5) is 3.96. The standard InChI is InChI=1S/C8H9N.C3H8/c1-2-4-8-5-3-6-9-7-8;1-3-2/h2-3,5-7H,1,4H2;3H2,1-2H3. The van der Waals surface area contributed by atoms with Crippen molar-refractivity contribution in [1.29, 1.82) is 0 Å². The molecule has 1 rings (SSSR count). The van der Waals surface area contributed by atoms with Gasteiger partial charge in [-0.15, -0.1) is 6.58 Å². The van der Waals surface area contributed by atoms with Gasteiger partial charge in [0.25, 0.3) is 0 Å². The summed E-state index contributed by atoms with van der Waals surface area (Å²) in [7, 11) is 0.